The topological polar surface area (TPSA) is 68.3 Å². The van der Waals surface area contributed by atoms with Crippen LogP contribution in [0.15, 0.2) is 30.3 Å². The Morgan fingerprint density at radius 1 is 1.23 bits per heavy atom. The van der Waals surface area contributed by atoms with Gasteiger partial charge in [-0.3, -0.25) is 9.78 Å². The average Bonchev–Trinajstić information content (AvgIpc) is 2.62. The number of hydrogen-bond donors (Lipinski definition) is 1. The quantitative estimate of drug-likeness (QED) is 0.849. The summed E-state index contributed by atoms with van der Waals surface area (Å²) in [7, 11) is 0. The van der Waals surface area contributed by atoms with Gasteiger partial charge >= 0.3 is 5.97 Å². The highest BCUT2D eigenvalue weighted by Gasteiger charge is 2.27. The molecule has 3 rings (SSSR count). The summed E-state index contributed by atoms with van der Waals surface area (Å²) in [6.45, 7) is 5.62. The van der Waals surface area contributed by atoms with Gasteiger partial charge in [0.15, 0.2) is 6.10 Å². The SMILES string of the molecule is Cc1cc(C(=O)O[C@@H](C)C(=O)N[C@@H]2CCCC[C@@H]2C)c2ccccc2n1. The molecule has 3 atom stereocenters. The molecule has 0 bridgehead atoms. The van der Waals surface area contributed by atoms with Gasteiger partial charge in [0.1, 0.15) is 0 Å². The molecule has 0 radical (unpaired) electrons. The number of aromatic nitrogens is 1. The standard InChI is InChI=1S/C21H26N2O3/c1-13-8-4-6-10-18(13)23-20(24)15(3)26-21(25)17-12-14(2)22-19-11-7-5-9-16(17)19/h5,7,9,11-13,15,18H,4,6,8,10H2,1-3H3,(H,23,24)/t13-,15-,18+/m0/s1. The van der Waals surface area contributed by atoms with Gasteiger partial charge in [0, 0.05) is 17.1 Å². The summed E-state index contributed by atoms with van der Waals surface area (Å²) in [5.41, 5.74) is 1.93. The maximum absolute atomic E-state index is 12.7. The van der Waals surface area contributed by atoms with E-state index in [9.17, 15) is 9.59 Å². The molecule has 5 nitrogen and oxygen atoms in total. The number of nitrogens with one attached hydrogen (secondary N) is 1. The van der Waals surface area contributed by atoms with E-state index in [4.69, 9.17) is 4.74 Å². The molecule has 0 aliphatic heterocycles. The van der Waals surface area contributed by atoms with Gasteiger partial charge in [-0.25, -0.2) is 4.79 Å². The lowest BCUT2D eigenvalue weighted by Crippen LogP contribution is -2.46. The minimum Gasteiger partial charge on any atom is -0.449 e. The molecule has 138 valence electrons. The monoisotopic (exact) mass is 354 g/mol. The van der Waals surface area contributed by atoms with Gasteiger partial charge in [-0.05, 0) is 44.7 Å². The Hall–Kier alpha value is -2.43. The molecule has 1 fully saturated rings. The van der Waals surface area contributed by atoms with Crippen molar-refractivity contribution >= 4 is 22.8 Å². The predicted molar refractivity (Wildman–Crippen MR) is 101 cm³/mol. The number of esters is 1. The summed E-state index contributed by atoms with van der Waals surface area (Å²) >= 11 is 0. The summed E-state index contributed by atoms with van der Waals surface area (Å²) in [4.78, 5) is 29.5. The third-order valence-corrected chi connectivity index (χ3v) is 5.16. The third-order valence-electron chi connectivity index (χ3n) is 5.16. The molecule has 1 aliphatic rings. The Labute approximate surface area is 154 Å². The maximum Gasteiger partial charge on any atom is 0.339 e. The van der Waals surface area contributed by atoms with Crippen molar-refractivity contribution in [3.63, 3.8) is 0 Å². The van der Waals surface area contributed by atoms with Gasteiger partial charge in [-0.15, -0.1) is 0 Å². The summed E-state index contributed by atoms with van der Waals surface area (Å²) in [5, 5.41) is 3.78. The van der Waals surface area contributed by atoms with Crippen LogP contribution in [0.1, 0.15) is 55.6 Å². The molecular formula is C21H26N2O3. The van der Waals surface area contributed by atoms with Crippen LogP contribution in [0.2, 0.25) is 0 Å². The van der Waals surface area contributed by atoms with Crippen molar-refractivity contribution < 1.29 is 14.3 Å². The molecule has 0 unspecified atom stereocenters. The number of hydrogen-bond acceptors (Lipinski definition) is 4. The Morgan fingerprint density at radius 2 is 1.96 bits per heavy atom. The van der Waals surface area contributed by atoms with Crippen LogP contribution in [-0.4, -0.2) is 29.0 Å². The first kappa shape index (κ1) is 18.4. The first-order chi connectivity index (χ1) is 12.5. The number of nitrogens with zero attached hydrogens (tertiary/aromatic N) is 1. The van der Waals surface area contributed by atoms with E-state index >= 15 is 0 Å². The van der Waals surface area contributed by atoms with Crippen molar-refractivity contribution in [3.05, 3.63) is 41.6 Å². The van der Waals surface area contributed by atoms with Crippen LogP contribution in [-0.2, 0) is 9.53 Å². The normalized spacial score (nSPS) is 21.2. The Bertz CT molecular complexity index is 818. The number of benzene rings is 1. The molecular weight excluding hydrogens is 328 g/mol. The zero-order valence-electron chi connectivity index (χ0n) is 15.6. The number of rotatable bonds is 4. The van der Waals surface area contributed by atoms with Crippen molar-refractivity contribution in [1.29, 1.82) is 0 Å². The Balaban J connectivity index is 1.70. The molecule has 1 saturated carbocycles. The number of carbonyl (C=O) groups is 2. The van der Waals surface area contributed by atoms with Crippen LogP contribution >= 0.6 is 0 Å². The van der Waals surface area contributed by atoms with Crippen LogP contribution in [0.5, 0.6) is 0 Å². The average molecular weight is 354 g/mol. The fourth-order valence-corrected chi connectivity index (χ4v) is 3.59. The van der Waals surface area contributed by atoms with Gasteiger partial charge in [0.05, 0.1) is 11.1 Å². The van der Waals surface area contributed by atoms with Crippen molar-refractivity contribution in [2.75, 3.05) is 0 Å². The molecule has 0 saturated heterocycles. The molecule has 1 aromatic heterocycles. The van der Waals surface area contributed by atoms with Crippen molar-refractivity contribution in [2.45, 2.75) is 58.6 Å². The summed E-state index contributed by atoms with van der Waals surface area (Å²) in [5.74, 6) is -0.263. The van der Waals surface area contributed by atoms with Crippen molar-refractivity contribution in [3.8, 4) is 0 Å². The lowest BCUT2D eigenvalue weighted by Gasteiger charge is -2.30. The maximum atomic E-state index is 12.7. The van der Waals surface area contributed by atoms with E-state index in [1.807, 2.05) is 31.2 Å². The van der Waals surface area contributed by atoms with Crippen molar-refractivity contribution in [1.82, 2.24) is 10.3 Å². The second kappa shape index (κ2) is 7.85. The van der Waals surface area contributed by atoms with Crippen LogP contribution in [0, 0.1) is 12.8 Å². The molecule has 1 aliphatic carbocycles. The highest BCUT2D eigenvalue weighted by Crippen LogP contribution is 2.24. The fourth-order valence-electron chi connectivity index (χ4n) is 3.59. The van der Waals surface area contributed by atoms with Crippen LogP contribution in [0.3, 0.4) is 0 Å². The molecule has 26 heavy (non-hydrogen) atoms. The minimum absolute atomic E-state index is 0.168. The molecule has 0 spiro atoms. The van der Waals surface area contributed by atoms with Gasteiger partial charge in [-0.2, -0.15) is 0 Å². The second-order valence-corrected chi connectivity index (χ2v) is 7.25. The predicted octanol–water partition coefficient (Wildman–Crippen LogP) is 3.78. The second-order valence-electron chi connectivity index (χ2n) is 7.25. The highest BCUT2D eigenvalue weighted by atomic mass is 16.5. The number of para-hydroxylation sites is 1. The largest absolute Gasteiger partial charge is 0.449 e. The lowest BCUT2D eigenvalue weighted by atomic mass is 9.86. The fraction of sp³-hybridized carbons (Fsp3) is 0.476. The number of ether oxygens (including phenoxy) is 1. The zero-order chi connectivity index (χ0) is 18.7. The number of amides is 1. The molecule has 5 heteroatoms. The van der Waals surface area contributed by atoms with Crippen LogP contribution in [0.4, 0.5) is 0 Å². The number of fused-ring (bicyclic) bond motifs is 1. The van der Waals surface area contributed by atoms with E-state index in [2.05, 4.69) is 17.2 Å². The van der Waals surface area contributed by atoms with E-state index in [1.165, 1.54) is 6.42 Å². The van der Waals surface area contributed by atoms with Crippen molar-refractivity contribution in [2.24, 2.45) is 5.92 Å². The van der Waals surface area contributed by atoms with Gasteiger partial charge in [0.25, 0.3) is 5.91 Å². The Kier molecular flexibility index (Phi) is 5.55. The van der Waals surface area contributed by atoms with E-state index < -0.39 is 12.1 Å². The molecule has 1 aromatic carbocycles. The van der Waals surface area contributed by atoms with E-state index in [0.717, 1.165) is 35.9 Å². The molecule has 1 N–H and O–H groups in total. The van der Waals surface area contributed by atoms with E-state index in [-0.39, 0.29) is 11.9 Å². The lowest BCUT2D eigenvalue weighted by molar-refractivity contribution is -0.130. The minimum atomic E-state index is -0.830. The van der Waals surface area contributed by atoms with Gasteiger partial charge < -0.3 is 10.1 Å². The first-order valence-electron chi connectivity index (χ1n) is 9.33. The summed E-state index contributed by atoms with van der Waals surface area (Å²) < 4.78 is 5.46. The summed E-state index contributed by atoms with van der Waals surface area (Å²) in [6.07, 6.45) is 3.63. The van der Waals surface area contributed by atoms with Gasteiger partial charge in [-0.1, -0.05) is 38.0 Å². The van der Waals surface area contributed by atoms with Crippen LogP contribution < -0.4 is 5.32 Å². The molecule has 2 aromatic rings. The number of carbonyl (C=O) groups excluding carboxylic acids is 2. The van der Waals surface area contributed by atoms with Crippen LogP contribution in [0.25, 0.3) is 10.9 Å². The summed E-state index contributed by atoms with van der Waals surface area (Å²) in [6, 6.07) is 9.31. The highest BCUT2D eigenvalue weighted by molar-refractivity contribution is 6.04. The molecule has 1 amide bonds. The van der Waals surface area contributed by atoms with E-state index in [1.54, 1.807) is 13.0 Å². The zero-order valence-corrected chi connectivity index (χ0v) is 15.6. The third kappa shape index (κ3) is 4.03. The van der Waals surface area contributed by atoms with E-state index in [0.29, 0.717) is 11.5 Å². The smallest absolute Gasteiger partial charge is 0.339 e. The number of aryl methyl sites for hydroxylation is 1. The number of pyridine rings is 1. The van der Waals surface area contributed by atoms with Gasteiger partial charge in [0.2, 0.25) is 0 Å². The molecule has 1 heterocycles. The Morgan fingerprint density at radius 3 is 2.73 bits per heavy atom. The first-order valence-corrected chi connectivity index (χ1v) is 9.33.